The Balaban J connectivity index is 1.61. The normalized spacial score (nSPS) is 22.5. The smallest absolute Gasteiger partial charge is 0.244 e. The van der Waals surface area contributed by atoms with E-state index in [0.29, 0.717) is 25.1 Å². The molecule has 2 unspecified atom stereocenters. The number of carbonyl (C=O) groups is 1. The maximum atomic E-state index is 14.2. The minimum Gasteiger partial charge on any atom is -0.337 e. The van der Waals surface area contributed by atoms with E-state index in [2.05, 4.69) is 0 Å². The molecule has 29 heavy (non-hydrogen) atoms. The molecule has 2 heterocycles. The lowest BCUT2D eigenvalue weighted by molar-refractivity contribution is -0.135. The first-order valence-electron chi connectivity index (χ1n) is 9.55. The number of fused-ring (bicyclic) bond motifs is 1. The summed E-state index contributed by atoms with van der Waals surface area (Å²) in [7, 11) is -4.20. The number of carbonyl (C=O) groups excluding carboxylic acids is 1. The van der Waals surface area contributed by atoms with Crippen molar-refractivity contribution in [1.29, 1.82) is 0 Å². The molecular weight excluding hydrogens is 398 g/mol. The van der Waals surface area contributed by atoms with Crippen LogP contribution in [0.4, 0.5) is 8.78 Å². The van der Waals surface area contributed by atoms with Crippen LogP contribution in [-0.4, -0.2) is 48.8 Å². The van der Waals surface area contributed by atoms with Crippen molar-refractivity contribution in [2.75, 3.05) is 13.1 Å². The second-order valence-electron chi connectivity index (χ2n) is 7.61. The SMILES string of the molecule is Cc1ccc(S(=O)(=O)N2CC(F)CC2C(=O)N2CCc3ccccc3C2)cc1F. The van der Waals surface area contributed by atoms with Crippen molar-refractivity contribution < 1.29 is 22.0 Å². The molecule has 0 bridgehead atoms. The highest BCUT2D eigenvalue weighted by Crippen LogP contribution is 2.31. The molecule has 154 valence electrons. The number of rotatable bonds is 3. The van der Waals surface area contributed by atoms with Crippen LogP contribution < -0.4 is 0 Å². The largest absolute Gasteiger partial charge is 0.337 e. The van der Waals surface area contributed by atoms with Crippen molar-refractivity contribution in [2.24, 2.45) is 0 Å². The summed E-state index contributed by atoms with van der Waals surface area (Å²) < 4.78 is 55.2. The molecule has 2 atom stereocenters. The first-order valence-corrected chi connectivity index (χ1v) is 11.0. The minimum atomic E-state index is -4.20. The van der Waals surface area contributed by atoms with Crippen LogP contribution in [0.5, 0.6) is 0 Å². The molecule has 0 spiro atoms. The summed E-state index contributed by atoms with van der Waals surface area (Å²) in [4.78, 5) is 14.5. The molecule has 2 aliphatic rings. The number of amides is 1. The molecule has 1 amide bonds. The third-order valence-corrected chi connectivity index (χ3v) is 7.55. The Morgan fingerprint density at radius 3 is 2.59 bits per heavy atom. The van der Waals surface area contributed by atoms with Crippen molar-refractivity contribution in [3.8, 4) is 0 Å². The molecule has 2 aliphatic heterocycles. The number of halogens is 2. The molecular formula is C21H22F2N2O3S. The van der Waals surface area contributed by atoms with Crippen molar-refractivity contribution in [1.82, 2.24) is 9.21 Å². The zero-order chi connectivity index (χ0) is 20.8. The number of hydrogen-bond acceptors (Lipinski definition) is 3. The number of alkyl halides is 1. The van der Waals surface area contributed by atoms with Gasteiger partial charge in [-0.3, -0.25) is 4.79 Å². The predicted molar refractivity (Wildman–Crippen MR) is 104 cm³/mol. The van der Waals surface area contributed by atoms with E-state index in [1.54, 1.807) is 4.90 Å². The molecule has 1 fully saturated rings. The first-order chi connectivity index (χ1) is 13.8. The van der Waals surface area contributed by atoms with Crippen molar-refractivity contribution in [2.45, 2.75) is 43.4 Å². The highest BCUT2D eigenvalue weighted by atomic mass is 32.2. The van der Waals surface area contributed by atoms with E-state index in [1.165, 1.54) is 19.1 Å². The number of aryl methyl sites for hydroxylation is 1. The van der Waals surface area contributed by atoms with E-state index in [0.717, 1.165) is 21.5 Å². The van der Waals surface area contributed by atoms with E-state index in [-0.39, 0.29) is 11.3 Å². The monoisotopic (exact) mass is 420 g/mol. The van der Waals surface area contributed by atoms with Gasteiger partial charge in [-0.05, 0) is 42.2 Å². The molecule has 4 rings (SSSR count). The molecule has 5 nitrogen and oxygen atoms in total. The van der Waals surface area contributed by atoms with Gasteiger partial charge in [0, 0.05) is 26.1 Å². The lowest BCUT2D eigenvalue weighted by Crippen LogP contribution is -2.49. The predicted octanol–water partition coefficient (Wildman–Crippen LogP) is 2.82. The van der Waals surface area contributed by atoms with E-state index in [1.807, 2.05) is 24.3 Å². The standard InChI is InChI=1S/C21H22F2N2O3S/c1-14-6-7-18(11-19(14)23)29(27,28)25-13-17(22)10-20(25)21(26)24-9-8-15-4-2-3-5-16(15)12-24/h2-7,11,17,20H,8-10,12-13H2,1H3. The van der Waals surface area contributed by atoms with Crippen LogP contribution in [0.1, 0.15) is 23.1 Å². The second-order valence-corrected chi connectivity index (χ2v) is 9.50. The Labute approximate surface area is 169 Å². The third kappa shape index (κ3) is 3.67. The highest BCUT2D eigenvalue weighted by Gasteiger charge is 2.46. The summed E-state index contributed by atoms with van der Waals surface area (Å²) in [6, 6.07) is 10.2. The van der Waals surface area contributed by atoms with Crippen LogP contribution in [0.25, 0.3) is 0 Å². The Kier molecular flexibility index (Phi) is 5.16. The lowest BCUT2D eigenvalue weighted by Gasteiger charge is -2.33. The molecule has 0 aliphatic carbocycles. The fourth-order valence-electron chi connectivity index (χ4n) is 4.01. The van der Waals surface area contributed by atoms with E-state index in [4.69, 9.17) is 0 Å². The Bertz CT molecular complexity index is 1060. The fourth-order valence-corrected chi connectivity index (χ4v) is 5.64. The number of benzene rings is 2. The first kappa shape index (κ1) is 20.0. The maximum Gasteiger partial charge on any atom is 0.244 e. The summed E-state index contributed by atoms with van der Waals surface area (Å²) >= 11 is 0. The van der Waals surface area contributed by atoms with Crippen molar-refractivity contribution >= 4 is 15.9 Å². The van der Waals surface area contributed by atoms with Crippen molar-refractivity contribution in [3.05, 3.63) is 65.0 Å². The number of nitrogens with zero attached hydrogens (tertiary/aromatic N) is 2. The van der Waals surface area contributed by atoms with Crippen LogP contribution in [0.3, 0.4) is 0 Å². The van der Waals surface area contributed by atoms with Gasteiger partial charge in [-0.25, -0.2) is 17.2 Å². The molecule has 0 saturated carbocycles. The van der Waals surface area contributed by atoms with Crippen LogP contribution in [-0.2, 0) is 27.8 Å². The van der Waals surface area contributed by atoms with Gasteiger partial charge in [-0.2, -0.15) is 4.31 Å². The summed E-state index contributed by atoms with van der Waals surface area (Å²) in [5.74, 6) is -1.06. The third-order valence-electron chi connectivity index (χ3n) is 5.68. The molecule has 8 heteroatoms. The van der Waals surface area contributed by atoms with Crippen LogP contribution in [0.15, 0.2) is 47.4 Å². The summed E-state index contributed by atoms with van der Waals surface area (Å²) in [5, 5.41) is 0. The zero-order valence-corrected chi connectivity index (χ0v) is 16.8. The minimum absolute atomic E-state index is 0.190. The lowest BCUT2D eigenvalue weighted by atomic mass is 9.99. The molecule has 0 radical (unpaired) electrons. The average molecular weight is 420 g/mol. The highest BCUT2D eigenvalue weighted by molar-refractivity contribution is 7.89. The summed E-state index contributed by atoms with van der Waals surface area (Å²) in [6.07, 6.45) is -0.958. The Hall–Kier alpha value is -2.32. The quantitative estimate of drug-likeness (QED) is 0.767. The number of hydrogen-bond donors (Lipinski definition) is 0. The molecule has 2 aromatic rings. The second kappa shape index (κ2) is 7.50. The van der Waals surface area contributed by atoms with E-state index >= 15 is 0 Å². The van der Waals surface area contributed by atoms with Gasteiger partial charge in [0.05, 0.1) is 4.90 Å². The van der Waals surface area contributed by atoms with Gasteiger partial charge in [-0.1, -0.05) is 30.3 Å². The van der Waals surface area contributed by atoms with Crippen LogP contribution in [0, 0.1) is 12.7 Å². The van der Waals surface area contributed by atoms with Crippen LogP contribution in [0.2, 0.25) is 0 Å². The van der Waals surface area contributed by atoms with Crippen molar-refractivity contribution in [3.63, 3.8) is 0 Å². The van der Waals surface area contributed by atoms with Gasteiger partial charge >= 0.3 is 0 Å². The summed E-state index contributed by atoms with van der Waals surface area (Å²) in [6.45, 7) is 1.95. The fraction of sp³-hybridized carbons (Fsp3) is 0.381. The Morgan fingerprint density at radius 1 is 1.14 bits per heavy atom. The molecule has 0 aromatic heterocycles. The molecule has 2 aromatic carbocycles. The molecule has 0 N–H and O–H groups in total. The number of sulfonamides is 1. The van der Waals surface area contributed by atoms with Gasteiger partial charge in [0.1, 0.15) is 18.0 Å². The van der Waals surface area contributed by atoms with E-state index in [9.17, 15) is 22.0 Å². The van der Waals surface area contributed by atoms with Gasteiger partial charge < -0.3 is 4.90 Å². The zero-order valence-electron chi connectivity index (χ0n) is 16.0. The Morgan fingerprint density at radius 2 is 1.86 bits per heavy atom. The van der Waals surface area contributed by atoms with E-state index < -0.39 is 40.5 Å². The molecule has 1 saturated heterocycles. The topological polar surface area (TPSA) is 57.7 Å². The van der Waals surface area contributed by atoms with Gasteiger partial charge in [-0.15, -0.1) is 0 Å². The summed E-state index contributed by atoms with van der Waals surface area (Å²) in [5.41, 5.74) is 2.48. The van der Waals surface area contributed by atoms with Gasteiger partial charge in [0.15, 0.2) is 0 Å². The van der Waals surface area contributed by atoms with Crippen LogP contribution >= 0.6 is 0 Å². The maximum absolute atomic E-state index is 14.2. The average Bonchev–Trinajstić information content (AvgIpc) is 3.11. The van der Waals surface area contributed by atoms with Gasteiger partial charge in [0.2, 0.25) is 15.9 Å². The van der Waals surface area contributed by atoms with Gasteiger partial charge in [0.25, 0.3) is 0 Å².